The molecule has 0 spiro atoms. The molecular weight excluding hydrogens is 639 g/mol. The lowest BCUT2D eigenvalue weighted by Crippen LogP contribution is -2.42. The molecule has 0 aliphatic carbocycles. The van der Waals surface area contributed by atoms with E-state index in [9.17, 15) is 4.39 Å². The van der Waals surface area contributed by atoms with Crippen molar-refractivity contribution in [1.29, 1.82) is 0 Å². The van der Waals surface area contributed by atoms with Crippen LogP contribution in [0.3, 0.4) is 0 Å². The Morgan fingerprint density at radius 1 is 0.860 bits per heavy atom. The molecule has 1 aliphatic heterocycles. The molecule has 5 aromatic rings. The van der Waals surface area contributed by atoms with Gasteiger partial charge in [-0.1, -0.05) is 24.3 Å². The van der Waals surface area contributed by atoms with E-state index in [1.54, 1.807) is 14.2 Å². The quantitative estimate of drug-likeness (QED) is 0.158. The summed E-state index contributed by atoms with van der Waals surface area (Å²) in [6.45, 7) is 7.86. The highest BCUT2D eigenvalue weighted by Gasteiger charge is 2.22. The number of hydrogen-bond donors (Lipinski definition) is 1. The normalized spacial score (nSPS) is 14.6. The van der Waals surface area contributed by atoms with Gasteiger partial charge in [-0.15, -0.1) is 0 Å². The van der Waals surface area contributed by atoms with Crippen LogP contribution < -0.4 is 24.4 Å². The molecule has 0 saturated carbocycles. The fraction of sp³-hybridized carbons (Fsp3) is 0.324. The Kier molecular flexibility index (Phi) is 10.9. The first kappa shape index (κ1) is 34.5. The van der Waals surface area contributed by atoms with E-state index >= 15 is 0 Å². The van der Waals surface area contributed by atoms with Crippen molar-refractivity contribution in [3.05, 3.63) is 101 Å². The number of rotatable bonds is 13. The molecule has 1 N–H and O–H groups in total. The van der Waals surface area contributed by atoms with Crippen LogP contribution in [-0.4, -0.2) is 76.9 Å². The molecule has 2 aromatic carbocycles. The molecule has 13 heteroatoms. The molecule has 3 aromatic heterocycles. The fourth-order valence-corrected chi connectivity index (χ4v) is 5.71. The summed E-state index contributed by atoms with van der Waals surface area (Å²) in [5.41, 5.74) is 4.13. The van der Waals surface area contributed by atoms with Crippen molar-refractivity contribution in [2.45, 2.75) is 39.5 Å². The molecule has 0 unspecified atom stereocenters. The smallest absolute Gasteiger partial charge is 0.250 e. The van der Waals surface area contributed by atoms with Gasteiger partial charge in [0.1, 0.15) is 23.1 Å². The Hall–Kier alpha value is -5.40. The Morgan fingerprint density at radius 3 is 2.14 bits per heavy atom. The summed E-state index contributed by atoms with van der Waals surface area (Å²) in [4.78, 5) is 28.0. The van der Waals surface area contributed by atoms with Crippen LogP contribution in [0.15, 0.2) is 73.1 Å². The van der Waals surface area contributed by atoms with E-state index in [0.29, 0.717) is 67.5 Å². The van der Waals surface area contributed by atoms with Gasteiger partial charge >= 0.3 is 0 Å². The fourth-order valence-electron chi connectivity index (χ4n) is 5.71. The van der Waals surface area contributed by atoms with Gasteiger partial charge in [-0.25, -0.2) is 19.3 Å². The predicted molar refractivity (Wildman–Crippen MR) is 188 cm³/mol. The summed E-state index contributed by atoms with van der Waals surface area (Å²) >= 11 is 0. The number of hydrogen-bond acceptors (Lipinski definition) is 12. The van der Waals surface area contributed by atoms with Gasteiger partial charge < -0.3 is 29.2 Å². The number of ether oxygens (including phenoxy) is 4. The molecule has 1 aliphatic rings. The maximum Gasteiger partial charge on any atom is 0.250 e. The highest BCUT2D eigenvalue weighted by atomic mass is 19.1. The SMILES string of the molecule is COc1ccc(CN(Cc2ccc(OC)cc2)c2nc(C)nc(-c3cc(CN4CCOC[C@@H]4C)cnc3Nc3cnc(OC)c(F)c3)n2)cc1. The van der Waals surface area contributed by atoms with Crippen molar-refractivity contribution < 1.29 is 23.3 Å². The largest absolute Gasteiger partial charge is 0.497 e. The van der Waals surface area contributed by atoms with Crippen molar-refractivity contribution in [3.63, 3.8) is 0 Å². The van der Waals surface area contributed by atoms with Crippen molar-refractivity contribution in [2.75, 3.05) is 51.3 Å². The zero-order chi connectivity index (χ0) is 35.0. The van der Waals surface area contributed by atoms with Gasteiger partial charge in [-0.05, 0) is 60.9 Å². The van der Waals surface area contributed by atoms with Crippen LogP contribution in [0.5, 0.6) is 17.4 Å². The van der Waals surface area contributed by atoms with Gasteiger partial charge in [-0.2, -0.15) is 9.97 Å². The van der Waals surface area contributed by atoms with Crippen LogP contribution in [0, 0.1) is 12.7 Å². The summed E-state index contributed by atoms with van der Waals surface area (Å²) in [5, 5.41) is 3.23. The molecule has 0 bridgehead atoms. The van der Waals surface area contributed by atoms with Crippen molar-refractivity contribution in [3.8, 4) is 28.8 Å². The third kappa shape index (κ3) is 8.41. The van der Waals surface area contributed by atoms with E-state index in [-0.39, 0.29) is 11.9 Å². The minimum Gasteiger partial charge on any atom is -0.497 e. The summed E-state index contributed by atoms with van der Waals surface area (Å²) in [6, 6.07) is 19.5. The minimum atomic E-state index is -0.594. The molecule has 1 fully saturated rings. The maximum absolute atomic E-state index is 14.7. The number of nitrogens with one attached hydrogen (secondary N) is 1. The first-order chi connectivity index (χ1) is 24.3. The predicted octanol–water partition coefficient (Wildman–Crippen LogP) is 5.97. The summed E-state index contributed by atoms with van der Waals surface area (Å²) in [6.07, 6.45) is 3.31. The summed E-state index contributed by atoms with van der Waals surface area (Å²) in [7, 11) is 4.67. The Balaban J connectivity index is 1.40. The number of aromatic nitrogens is 5. The van der Waals surface area contributed by atoms with Gasteiger partial charge in [0.05, 0.1) is 52.0 Å². The maximum atomic E-state index is 14.7. The molecule has 260 valence electrons. The van der Waals surface area contributed by atoms with Gasteiger partial charge in [0.15, 0.2) is 11.6 Å². The first-order valence-corrected chi connectivity index (χ1v) is 16.3. The topological polar surface area (TPSA) is 120 Å². The number of halogens is 1. The minimum absolute atomic E-state index is 0.0924. The third-order valence-electron chi connectivity index (χ3n) is 8.42. The Bertz CT molecular complexity index is 1850. The third-order valence-corrected chi connectivity index (χ3v) is 8.42. The van der Waals surface area contributed by atoms with Gasteiger partial charge in [0.25, 0.3) is 0 Å². The number of morpholine rings is 1. The molecule has 6 rings (SSSR count). The van der Waals surface area contributed by atoms with Crippen LogP contribution in [0.1, 0.15) is 29.4 Å². The zero-order valence-electron chi connectivity index (χ0n) is 28.9. The van der Waals surface area contributed by atoms with E-state index < -0.39 is 5.82 Å². The Labute approximate surface area is 291 Å². The standard InChI is InChI=1S/C37H41FN8O4/c1-24-23-50-15-14-45(24)22-28-16-32(34(39-18-28)43-29-17-33(38)36(49-5)40-19-29)35-41-25(2)42-37(44-35)46(20-26-6-10-30(47-3)11-7-26)21-27-8-12-31(48-4)13-9-27/h6-13,16-19,24H,14-15,20-23H2,1-5H3,(H,39,43)/t24-/m0/s1. The van der Waals surface area contributed by atoms with Crippen molar-refractivity contribution in [2.24, 2.45) is 0 Å². The summed E-state index contributed by atoms with van der Waals surface area (Å²) < 4.78 is 36.1. The second-order valence-electron chi connectivity index (χ2n) is 12.0. The molecule has 50 heavy (non-hydrogen) atoms. The second kappa shape index (κ2) is 15.9. The lowest BCUT2D eigenvalue weighted by molar-refractivity contribution is -0.00440. The number of methoxy groups -OCH3 is 3. The van der Waals surface area contributed by atoms with Crippen LogP contribution >= 0.6 is 0 Å². The van der Waals surface area contributed by atoms with Crippen molar-refractivity contribution >= 4 is 17.5 Å². The van der Waals surface area contributed by atoms with E-state index in [4.69, 9.17) is 38.9 Å². The molecular formula is C37H41FN8O4. The van der Waals surface area contributed by atoms with Crippen LogP contribution in [-0.2, 0) is 24.4 Å². The molecule has 1 saturated heterocycles. The zero-order valence-corrected chi connectivity index (χ0v) is 28.9. The second-order valence-corrected chi connectivity index (χ2v) is 12.0. The summed E-state index contributed by atoms with van der Waals surface area (Å²) in [5.74, 6) is 2.77. The highest BCUT2D eigenvalue weighted by Crippen LogP contribution is 2.31. The molecule has 4 heterocycles. The van der Waals surface area contributed by atoms with E-state index in [2.05, 4.69) is 27.0 Å². The van der Waals surface area contributed by atoms with Crippen LogP contribution in [0.2, 0.25) is 0 Å². The van der Waals surface area contributed by atoms with Crippen LogP contribution in [0.4, 0.5) is 21.8 Å². The molecule has 1 atom stereocenters. The average Bonchev–Trinajstić information content (AvgIpc) is 3.13. The van der Waals surface area contributed by atoms with Crippen LogP contribution in [0.25, 0.3) is 11.4 Å². The monoisotopic (exact) mass is 680 g/mol. The van der Waals surface area contributed by atoms with E-state index in [1.165, 1.54) is 19.4 Å². The lowest BCUT2D eigenvalue weighted by Gasteiger charge is -2.33. The van der Waals surface area contributed by atoms with Crippen molar-refractivity contribution in [1.82, 2.24) is 29.8 Å². The number of nitrogens with zero attached hydrogens (tertiary/aromatic N) is 7. The number of anilines is 3. The van der Waals surface area contributed by atoms with Gasteiger partial charge in [-0.3, -0.25) is 4.90 Å². The van der Waals surface area contributed by atoms with E-state index in [0.717, 1.165) is 34.7 Å². The molecule has 0 amide bonds. The average molecular weight is 681 g/mol. The molecule has 0 radical (unpaired) electrons. The number of benzene rings is 2. The first-order valence-electron chi connectivity index (χ1n) is 16.3. The number of pyridine rings is 2. The van der Waals surface area contributed by atoms with E-state index in [1.807, 2.05) is 67.7 Å². The van der Waals surface area contributed by atoms with Gasteiger partial charge in [0, 0.05) is 44.5 Å². The lowest BCUT2D eigenvalue weighted by atomic mass is 10.1. The Morgan fingerprint density at radius 2 is 1.54 bits per heavy atom. The highest BCUT2D eigenvalue weighted by molar-refractivity contribution is 5.75. The molecule has 12 nitrogen and oxygen atoms in total. The van der Waals surface area contributed by atoms with Gasteiger partial charge in [0.2, 0.25) is 11.8 Å². The number of aryl methyl sites for hydroxylation is 1.